The molecule has 32 heavy (non-hydrogen) atoms. The van der Waals surface area contributed by atoms with Gasteiger partial charge in [-0.05, 0) is 24.0 Å². The number of rotatable bonds is 10. The van der Waals surface area contributed by atoms with Gasteiger partial charge in [0.2, 0.25) is 0 Å². The van der Waals surface area contributed by atoms with Crippen LogP contribution in [0.5, 0.6) is 0 Å². The van der Waals surface area contributed by atoms with Gasteiger partial charge in [0, 0.05) is 17.7 Å². The van der Waals surface area contributed by atoms with Crippen molar-refractivity contribution in [2.45, 2.75) is 32.0 Å². The Hall–Kier alpha value is -2.97. The maximum atomic E-state index is 13.0. The number of fused-ring (bicyclic) bond motifs is 1. The van der Waals surface area contributed by atoms with Crippen LogP contribution in [0.3, 0.4) is 0 Å². The largest absolute Gasteiger partial charge is 0.410 e. The van der Waals surface area contributed by atoms with E-state index in [9.17, 15) is 4.79 Å². The van der Waals surface area contributed by atoms with E-state index in [2.05, 4.69) is 29.1 Å². The Labute approximate surface area is 190 Å². The molecule has 4 rings (SSSR count). The van der Waals surface area contributed by atoms with Gasteiger partial charge in [0.25, 0.3) is 16.7 Å². The van der Waals surface area contributed by atoms with Gasteiger partial charge < -0.3 is 9.15 Å². The summed E-state index contributed by atoms with van der Waals surface area (Å²) in [5.74, 6) is 1.65. The molecule has 166 valence electrons. The first-order valence-corrected chi connectivity index (χ1v) is 11.7. The van der Waals surface area contributed by atoms with Crippen molar-refractivity contribution < 1.29 is 9.15 Å². The normalized spacial score (nSPS) is 11.5. The molecule has 0 aliphatic heterocycles. The van der Waals surface area contributed by atoms with E-state index in [1.54, 1.807) is 6.07 Å². The molecule has 0 unspecified atom stereocenters. The summed E-state index contributed by atoms with van der Waals surface area (Å²) < 4.78 is 13.0. The highest BCUT2D eigenvalue weighted by molar-refractivity contribution is 7.99. The van der Waals surface area contributed by atoms with Crippen molar-refractivity contribution in [3.05, 3.63) is 70.5 Å². The van der Waals surface area contributed by atoms with Crippen molar-refractivity contribution in [2.75, 3.05) is 19.0 Å². The number of aromatic nitrogens is 4. The molecular formula is C24H26N4O3S. The van der Waals surface area contributed by atoms with Gasteiger partial charge in [0.05, 0.1) is 18.5 Å². The molecule has 2 heterocycles. The van der Waals surface area contributed by atoms with Gasteiger partial charge in [0.1, 0.15) is 0 Å². The second-order valence-electron chi connectivity index (χ2n) is 7.86. The fourth-order valence-corrected chi connectivity index (χ4v) is 3.84. The first-order valence-electron chi connectivity index (χ1n) is 10.7. The molecule has 0 amide bonds. The average molecular weight is 451 g/mol. The van der Waals surface area contributed by atoms with Crippen molar-refractivity contribution in [1.29, 1.82) is 0 Å². The van der Waals surface area contributed by atoms with E-state index in [1.165, 1.54) is 16.4 Å². The fourth-order valence-electron chi connectivity index (χ4n) is 3.23. The molecule has 8 heteroatoms. The SMILES string of the molecule is CC(C)CCOCCSc1nnc(-c2nn(Cc3ccccc3)c(=O)c3ccccc23)o1. The van der Waals surface area contributed by atoms with Crippen LogP contribution in [0.2, 0.25) is 0 Å². The number of ether oxygens (including phenoxy) is 1. The van der Waals surface area contributed by atoms with E-state index >= 15 is 0 Å². The van der Waals surface area contributed by atoms with Gasteiger partial charge in [-0.1, -0.05) is 74.1 Å². The highest BCUT2D eigenvalue weighted by Crippen LogP contribution is 2.26. The highest BCUT2D eigenvalue weighted by atomic mass is 32.2. The van der Waals surface area contributed by atoms with Gasteiger partial charge in [-0.2, -0.15) is 5.10 Å². The lowest BCUT2D eigenvalue weighted by molar-refractivity contribution is 0.138. The molecule has 0 atom stereocenters. The molecule has 2 aromatic carbocycles. The number of thioether (sulfide) groups is 1. The smallest absolute Gasteiger partial charge is 0.276 e. The summed E-state index contributed by atoms with van der Waals surface area (Å²) in [6, 6.07) is 17.1. The second kappa shape index (κ2) is 10.6. The lowest BCUT2D eigenvalue weighted by Crippen LogP contribution is -2.24. The zero-order chi connectivity index (χ0) is 22.3. The van der Waals surface area contributed by atoms with E-state index in [1.807, 2.05) is 48.5 Å². The molecule has 0 aliphatic carbocycles. The first kappa shape index (κ1) is 22.2. The van der Waals surface area contributed by atoms with E-state index < -0.39 is 0 Å². The van der Waals surface area contributed by atoms with Crippen LogP contribution in [0, 0.1) is 5.92 Å². The van der Waals surface area contributed by atoms with Crippen LogP contribution >= 0.6 is 11.8 Å². The third kappa shape index (κ3) is 5.44. The summed E-state index contributed by atoms with van der Waals surface area (Å²) in [6.45, 7) is 6.10. The van der Waals surface area contributed by atoms with Gasteiger partial charge in [-0.15, -0.1) is 10.2 Å². The minimum atomic E-state index is -0.152. The molecule has 2 aromatic heterocycles. The molecule has 0 spiro atoms. The minimum Gasteiger partial charge on any atom is -0.410 e. The first-order chi connectivity index (χ1) is 15.6. The van der Waals surface area contributed by atoms with Crippen molar-refractivity contribution >= 4 is 22.5 Å². The molecule has 0 radical (unpaired) electrons. The molecule has 7 nitrogen and oxygen atoms in total. The standard InChI is InChI=1S/C24H26N4O3S/c1-17(2)12-13-30-14-15-32-24-26-25-22(31-24)21-19-10-6-7-11-20(19)23(29)28(27-21)16-18-8-4-3-5-9-18/h3-11,17H,12-16H2,1-2H3. The maximum absolute atomic E-state index is 13.0. The monoisotopic (exact) mass is 450 g/mol. The average Bonchev–Trinajstić information content (AvgIpc) is 3.27. The molecule has 4 aromatic rings. The van der Waals surface area contributed by atoms with Crippen molar-refractivity contribution in [2.24, 2.45) is 5.92 Å². The Kier molecular flexibility index (Phi) is 7.34. The predicted octanol–water partition coefficient (Wildman–Crippen LogP) is 4.65. The number of hydrogen-bond acceptors (Lipinski definition) is 7. The third-order valence-corrected chi connectivity index (χ3v) is 5.73. The van der Waals surface area contributed by atoms with E-state index in [4.69, 9.17) is 9.15 Å². The lowest BCUT2D eigenvalue weighted by atomic mass is 10.1. The van der Waals surface area contributed by atoms with Gasteiger partial charge in [0.15, 0.2) is 5.69 Å². The fraction of sp³-hybridized carbons (Fsp3) is 0.333. The van der Waals surface area contributed by atoms with Crippen LogP contribution in [0.15, 0.2) is 69.0 Å². The third-order valence-electron chi connectivity index (χ3n) is 4.94. The predicted molar refractivity (Wildman–Crippen MR) is 126 cm³/mol. The van der Waals surface area contributed by atoms with Gasteiger partial charge in [-0.3, -0.25) is 4.79 Å². The number of benzene rings is 2. The van der Waals surface area contributed by atoms with Crippen molar-refractivity contribution in [3.8, 4) is 11.6 Å². The molecule has 0 fully saturated rings. The highest BCUT2D eigenvalue weighted by Gasteiger charge is 2.18. The topological polar surface area (TPSA) is 83.0 Å². The van der Waals surface area contributed by atoms with E-state index in [0.29, 0.717) is 46.6 Å². The van der Waals surface area contributed by atoms with E-state index in [0.717, 1.165) is 24.3 Å². The van der Waals surface area contributed by atoms with Crippen molar-refractivity contribution in [3.63, 3.8) is 0 Å². The van der Waals surface area contributed by atoms with Crippen LogP contribution in [-0.2, 0) is 11.3 Å². The van der Waals surface area contributed by atoms with Crippen LogP contribution < -0.4 is 5.56 Å². The Morgan fingerprint density at radius 2 is 1.75 bits per heavy atom. The summed E-state index contributed by atoms with van der Waals surface area (Å²) in [5.41, 5.74) is 1.34. The quantitative estimate of drug-likeness (QED) is 0.257. The summed E-state index contributed by atoms with van der Waals surface area (Å²) >= 11 is 1.45. The molecule has 0 aliphatic rings. The van der Waals surface area contributed by atoms with Gasteiger partial charge >= 0.3 is 0 Å². The number of nitrogens with zero attached hydrogens (tertiary/aromatic N) is 4. The minimum absolute atomic E-state index is 0.152. The van der Waals surface area contributed by atoms with Crippen LogP contribution in [0.1, 0.15) is 25.8 Å². The Balaban J connectivity index is 1.55. The summed E-state index contributed by atoms with van der Waals surface area (Å²) in [7, 11) is 0. The molecule has 0 saturated heterocycles. The Morgan fingerprint density at radius 3 is 2.53 bits per heavy atom. The van der Waals surface area contributed by atoms with Crippen LogP contribution in [-0.4, -0.2) is 38.9 Å². The molecule has 0 N–H and O–H groups in total. The second-order valence-corrected chi connectivity index (χ2v) is 8.91. The number of hydrogen-bond donors (Lipinski definition) is 0. The van der Waals surface area contributed by atoms with Crippen LogP contribution in [0.25, 0.3) is 22.4 Å². The molecule has 0 saturated carbocycles. The zero-order valence-corrected chi connectivity index (χ0v) is 19.0. The van der Waals surface area contributed by atoms with Crippen molar-refractivity contribution in [1.82, 2.24) is 20.0 Å². The Morgan fingerprint density at radius 1 is 1.00 bits per heavy atom. The summed E-state index contributed by atoms with van der Waals surface area (Å²) in [4.78, 5) is 13.0. The van der Waals surface area contributed by atoms with Gasteiger partial charge in [-0.25, -0.2) is 4.68 Å². The van der Waals surface area contributed by atoms with Crippen LogP contribution in [0.4, 0.5) is 0 Å². The Bertz CT molecular complexity index is 1220. The summed E-state index contributed by atoms with van der Waals surface area (Å²) in [6.07, 6.45) is 1.05. The zero-order valence-electron chi connectivity index (χ0n) is 18.2. The summed E-state index contributed by atoms with van der Waals surface area (Å²) in [5, 5.41) is 14.7. The van der Waals surface area contributed by atoms with E-state index in [-0.39, 0.29) is 5.56 Å². The molecule has 0 bridgehead atoms. The maximum Gasteiger partial charge on any atom is 0.276 e. The molecular weight excluding hydrogens is 424 g/mol. The lowest BCUT2D eigenvalue weighted by Gasteiger charge is -2.09.